The van der Waals surface area contributed by atoms with Crippen molar-refractivity contribution in [2.45, 2.75) is 44.3 Å². The fourth-order valence-corrected chi connectivity index (χ4v) is 3.48. The second-order valence-corrected chi connectivity index (χ2v) is 7.80. The summed E-state index contributed by atoms with van der Waals surface area (Å²) in [4.78, 5) is 29.6. The van der Waals surface area contributed by atoms with Crippen LogP contribution in [0.15, 0.2) is 54.7 Å². The van der Waals surface area contributed by atoms with E-state index in [-0.39, 0.29) is 24.4 Å². The molecule has 0 bridgehead atoms. The zero-order chi connectivity index (χ0) is 19.5. The Morgan fingerprint density at radius 3 is 2.29 bits per heavy atom. The van der Waals surface area contributed by atoms with Gasteiger partial charge in [-0.05, 0) is 49.5 Å². The largest absolute Gasteiger partial charge is 0.353 e. The molecular formula is C23H27N3O2. The van der Waals surface area contributed by atoms with Crippen LogP contribution < -0.4 is 0 Å². The van der Waals surface area contributed by atoms with E-state index in [9.17, 15) is 9.59 Å². The molecule has 2 amide bonds. The van der Waals surface area contributed by atoms with E-state index in [0.29, 0.717) is 12.6 Å². The number of carbonyl (C=O) groups is 2. The van der Waals surface area contributed by atoms with E-state index in [1.807, 2.05) is 60.6 Å². The SMILES string of the molecule is Cn1cccc1CN(C(=O)CN(C(=O)/C=C/c1ccccc1)C1CC1)C1CC1. The summed E-state index contributed by atoms with van der Waals surface area (Å²) >= 11 is 0. The molecule has 4 rings (SSSR count). The van der Waals surface area contributed by atoms with Gasteiger partial charge in [-0.25, -0.2) is 0 Å². The van der Waals surface area contributed by atoms with E-state index < -0.39 is 0 Å². The number of aryl methyl sites for hydroxylation is 1. The van der Waals surface area contributed by atoms with Crippen molar-refractivity contribution >= 4 is 17.9 Å². The molecule has 0 N–H and O–H groups in total. The van der Waals surface area contributed by atoms with Crippen LogP contribution in [-0.4, -0.2) is 44.8 Å². The molecule has 2 saturated carbocycles. The normalized spacial score (nSPS) is 16.3. The highest BCUT2D eigenvalue weighted by molar-refractivity contribution is 5.95. The molecule has 2 aromatic rings. The van der Waals surface area contributed by atoms with Crippen molar-refractivity contribution in [1.29, 1.82) is 0 Å². The average molecular weight is 377 g/mol. The van der Waals surface area contributed by atoms with E-state index in [4.69, 9.17) is 0 Å². The highest BCUT2D eigenvalue weighted by Gasteiger charge is 2.37. The predicted octanol–water partition coefficient (Wildman–Crippen LogP) is 3.22. The number of benzene rings is 1. The monoisotopic (exact) mass is 377 g/mol. The van der Waals surface area contributed by atoms with Crippen LogP contribution in [0.4, 0.5) is 0 Å². The van der Waals surface area contributed by atoms with Gasteiger partial charge in [0.1, 0.15) is 6.54 Å². The second-order valence-electron chi connectivity index (χ2n) is 7.80. The molecule has 1 heterocycles. The molecule has 0 aliphatic heterocycles. The zero-order valence-corrected chi connectivity index (χ0v) is 16.3. The molecule has 2 fully saturated rings. The van der Waals surface area contributed by atoms with Gasteiger partial charge in [0.15, 0.2) is 0 Å². The summed E-state index contributed by atoms with van der Waals surface area (Å²) in [5.74, 6) is -0.0219. The first-order chi connectivity index (χ1) is 13.6. The predicted molar refractivity (Wildman–Crippen MR) is 109 cm³/mol. The summed E-state index contributed by atoms with van der Waals surface area (Å²) in [5.41, 5.74) is 2.11. The van der Waals surface area contributed by atoms with Crippen molar-refractivity contribution in [1.82, 2.24) is 14.4 Å². The van der Waals surface area contributed by atoms with Gasteiger partial charge in [0, 0.05) is 37.1 Å². The fraction of sp³-hybridized carbons (Fsp3) is 0.391. The van der Waals surface area contributed by atoms with Gasteiger partial charge in [-0.1, -0.05) is 30.3 Å². The van der Waals surface area contributed by atoms with Gasteiger partial charge in [0.25, 0.3) is 0 Å². The molecule has 0 radical (unpaired) electrons. The van der Waals surface area contributed by atoms with Crippen LogP contribution in [0.25, 0.3) is 6.08 Å². The lowest BCUT2D eigenvalue weighted by atomic mass is 10.2. The number of nitrogens with zero attached hydrogens (tertiary/aromatic N) is 3. The molecule has 1 aromatic carbocycles. The lowest BCUT2D eigenvalue weighted by Crippen LogP contribution is -2.44. The van der Waals surface area contributed by atoms with Crippen LogP contribution >= 0.6 is 0 Å². The minimum Gasteiger partial charge on any atom is -0.353 e. The molecule has 0 unspecified atom stereocenters. The molecule has 0 atom stereocenters. The van der Waals surface area contributed by atoms with Crippen LogP contribution in [0.3, 0.4) is 0 Å². The Bertz CT molecular complexity index is 863. The number of amides is 2. The number of aromatic nitrogens is 1. The number of rotatable bonds is 8. The minimum atomic E-state index is -0.0747. The third-order valence-electron chi connectivity index (χ3n) is 5.49. The van der Waals surface area contributed by atoms with Crippen LogP contribution in [0.2, 0.25) is 0 Å². The number of carbonyl (C=O) groups excluding carboxylic acids is 2. The Labute approximate surface area is 166 Å². The summed E-state index contributed by atoms with van der Waals surface area (Å²) in [5, 5.41) is 0. The van der Waals surface area contributed by atoms with Gasteiger partial charge in [-0.15, -0.1) is 0 Å². The van der Waals surface area contributed by atoms with E-state index in [1.165, 1.54) is 0 Å². The maximum Gasteiger partial charge on any atom is 0.247 e. The smallest absolute Gasteiger partial charge is 0.247 e. The molecule has 146 valence electrons. The summed E-state index contributed by atoms with van der Waals surface area (Å²) in [7, 11) is 2.00. The molecule has 0 saturated heterocycles. The molecule has 5 nitrogen and oxygen atoms in total. The van der Waals surface area contributed by atoms with Crippen LogP contribution in [0, 0.1) is 0 Å². The van der Waals surface area contributed by atoms with Gasteiger partial charge in [-0.3, -0.25) is 9.59 Å². The maximum atomic E-state index is 13.1. The Morgan fingerprint density at radius 1 is 1.00 bits per heavy atom. The third-order valence-corrected chi connectivity index (χ3v) is 5.49. The summed E-state index contributed by atoms with van der Waals surface area (Å²) in [6, 6.07) is 14.3. The van der Waals surface area contributed by atoms with Gasteiger partial charge in [0.2, 0.25) is 11.8 Å². The van der Waals surface area contributed by atoms with Crippen molar-refractivity contribution in [3.8, 4) is 0 Å². The standard InChI is InChI=1S/C23H27N3O2/c1-24-15-5-8-21(24)16-25(19-10-11-19)23(28)17-26(20-12-13-20)22(27)14-9-18-6-3-2-4-7-18/h2-9,14-15,19-20H,10-13,16-17H2,1H3/b14-9+. The van der Waals surface area contributed by atoms with Crippen molar-refractivity contribution in [2.75, 3.05) is 6.54 Å². The molecule has 5 heteroatoms. The van der Waals surface area contributed by atoms with E-state index in [0.717, 1.165) is 36.9 Å². The van der Waals surface area contributed by atoms with Crippen molar-refractivity contribution < 1.29 is 9.59 Å². The van der Waals surface area contributed by atoms with Gasteiger partial charge >= 0.3 is 0 Å². The van der Waals surface area contributed by atoms with Crippen LogP contribution in [-0.2, 0) is 23.2 Å². The summed E-state index contributed by atoms with van der Waals surface area (Å²) < 4.78 is 2.05. The minimum absolute atomic E-state index is 0.0528. The Morgan fingerprint density at radius 2 is 1.68 bits per heavy atom. The van der Waals surface area contributed by atoms with Gasteiger partial charge in [-0.2, -0.15) is 0 Å². The van der Waals surface area contributed by atoms with Crippen LogP contribution in [0.1, 0.15) is 36.9 Å². The quantitative estimate of drug-likeness (QED) is 0.663. The first-order valence-electron chi connectivity index (χ1n) is 10.1. The summed E-state index contributed by atoms with van der Waals surface area (Å²) in [6.45, 7) is 0.781. The molecule has 0 spiro atoms. The highest BCUT2D eigenvalue weighted by Crippen LogP contribution is 2.31. The van der Waals surface area contributed by atoms with E-state index in [2.05, 4.69) is 10.6 Å². The average Bonchev–Trinajstić information content (AvgIpc) is 3.62. The number of hydrogen-bond donors (Lipinski definition) is 0. The second kappa shape index (κ2) is 8.05. The Balaban J connectivity index is 1.43. The Kier molecular flexibility index (Phi) is 5.33. The maximum absolute atomic E-state index is 13.1. The molecule has 2 aliphatic carbocycles. The third kappa shape index (κ3) is 4.53. The first kappa shape index (κ1) is 18.5. The summed E-state index contributed by atoms with van der Waals surface area (Å²) in [6.07, 6.45) is 9.51. The number of hydrogen-bond acceptors (Lipinski definition) is 2. The van der Waals surface area contributed by atoms with Crippen molar-refractivity contribution in [3.05, 3.63) is 66.0 Å². The van der Waals surface area contributed by atoms with E-state index in [1.54, 1.807) is 11.0 Å². The van der Waals surface area contributed by atoms with Gasteiger partial charge < -0.3 is 14.4 Å². The lowest BCUT2D eigenvalue weighted by molar-refractivity contribution is -0.139. The molecular weight excluding hydrogens is 350 g/mol. The molecule has 1 aromatic heterocycles. The molecule has 28 heavy (non-hydrogen) atoms. The van der Waals surface area contributed by atoms with Crippen molar-refractivity contribution in [3.63, 3.8) is 0 Å². The van der Waals surface area contributed by atoms with E-state index >= 15 is 0 Å². The van der Waals surface area contributed by atoms with Gasteiger partial charge in [0.05, 0.1) is 6.54 Å². The van der Waals surface area contributed by atoms with Crippen molar-refractivity contribution in [2.24, 2.45) is 7.05 Å². The van der Waals surface area contributed by atoms with Crippen LogP contribution in [0.5, 0.6) is 0 Å². The highest BCUT2D eigenvalue weighted by atomic mass is 16.2. The topological polar surface area (TPSA) is 45.6 Å². The fourth-order valence-electron chi connectivity index (χ4n) is 3.48. The molecule has 2 aliphatic rings. The zero-order valence-electron chi connectivity index (χ0n) is 16.3. The Hall–Kier alpha value is -2.82. The lowest BCUT2D eigenvalue weighted by Gasteiger charge is -2.27. The first-order valence-corrected chi connectivity index (χ1v) is 10.1.